The highest BCUT2D eigenvalue weighted by atomic mass is 35.5. The van der Waals surface area contributed by atoms with E-state index < -0.39 is 10.0 Å². The zero-order valence-corrected chi connectivity index (χ0v) is 21.2. The van der Waals surface area contributed by atoms with Gasteiger partial charge in [0.1, 0.15) is 0 Å². The highest BCUT2D eigenvalue weighted by Gasteiger charge is 2.43. The van der Waals surface area contributed by atoms with E-state index in [2.05, 4.69) is 20.5 Å². The molecule has 2 amide bonds. The molecule has 2 fully saturated rings. The Bertz CT molecular complexity index is 1090. The molecule has 1 aromatic heterocycles. The van der Waals surface area contributed by atoms with Crippen LogP contribution in [0.1, 0.15) is 37.1 Å². The van der Waals surface area contributed by atoms with E-state index in [0.717, 1.165) is 62.4 Å². The number of hydrogen-bond donors (Lipinski definition) is 2. The van der Waals surface area contributed by atoms with Gasteiger partial charge in [-0.2, -0.15) is 4.31 Å². The number of benzene rings is 1. The molecule has 0 unspecified atom stereocenters. The molecule has 2 aromatic rings. The number of hydrogen-bond acceptors (Lipinski definition) is 5. The third-order valence-electron chi connectivity index (χ3n) is 6.27. The lowest BCUT2D eigenvalue weighted by atomic mass is 10.0. The number of nitrogens with one attached hydrogen (secondary N) is 2. The Hall–Kier alpha value is -2.20. The van der Waals surface area contributed by atoms with E-state index in [1.54, 1.807) is 28.6 Å². The van der Waals surface area contributed by atoms with E-state index in [1.165, 1.54) is 0 Å². The fourth-order valence-corrected chi connectivity index (χ4v) is 6.61. The summed E-state index contributed by atoms with van der Waals surface area (Å²) in [5.74, 6) is 0. The first-order valence-electron chi connectivity index (χ1n) is 11.7. The van der Waals surface area contributed by atoms with Crippen molar-refractivity contribution < 1.29 is 13.2 Å². The van der Waals surface area contributed by atoms with E-state index in [-0.39, 0.29) is 18.1 Å². The number of carbonyl (C=O) groups excluding carboxylic acids is 1. The number of likely N-dealkylation sites (tertiary alicyclic amines) is 1. The van der Waals surface area contributed by atoms with Crippen molar-refractivity contribution in [2.45, 2.75) is 56.5 Å². The van der Waals surface area contributed by atoms with Gasteiger partial charge in [-0.15, -0.1) is 0 Å². The average Bonchev–Trinajstić information content (AvgIpc) is 3.59. The van der Waals surface area contributed by atoms with E-state index >= 15 is 0 Å². The van der Waals surface area contributed by atoms with Crippen LogP contribution in [0.4, 0.5) is 10.5 Å². The van der Waals surface area contributed by atoms with E-state index in [9.17, 15) is 13.2 Å². The number of urea groups is 1. The monoisotopic (exact) mass is 505 g/mol. The van der Waals surface area contributed by atoms with Crippen LogP contribution in [0, 0.1) is 13.8 Å². The van der Waals surface area contributed by atoms with Crippen molar-refractivity contribution in [1.82, 2.24) is 19.5 Å². The maximum Gasteiger partial charge on any atom is 0.319 e. The second-order valence-electron chi connectivity index (χ2n) is 9.11. The summed E-state index contributed by atoms with van der Waals surface area (Å²) in [6.45, 7) is 6.64. The third kappa shape index (κ3) is 6.27. The number of aryl methyl sites for hydroxylation is 2. The second kappa shape index (κ2) is 10.6. The van der Waals surface area contributed by atoms with E-state index in [0.29, 0.717) is 16.5 Å². The van der Waals surface area contributed by atoms with Gasteiger partial charge in [0.2, 0.25) is 10.0 Å². The highest BCUT2D eigenvalue weighted by molar-refractivity contribution is 7.89. The lowest BCUT2D eigenvalue weighted by Gasteiger charge is -2.38. The van der Waals surface area contributed by atoms with Crippen LogP contribution in [0.25, 0.3) is 0 Å². The topological polar surface area (TPSA) is 94.6 Å². The molecule has 34 heavy (non-hydrogen) atoms. The molecule has 2 N–H and O–H groups in total. The quantitative estimate of drug-likeness (QED) is 0.569. The van der Waals surface area contributed by atoms with Crippen molar-refractivity contribution >= 4 is 33.3 Å². The van der Waals surface area contributed by atoms with Crippen LogP contribution >= 0.6 is 11.6 Å². The molecular weight excluding hydrogens is 474 g/mol. The smallest absolute Gasteiger partial charge is 0.319 e. The Morgan fingerprint density at radius 2 is 1.65 bits per heavy atom. The van der Waals surface area contributed by atoms with Gasteiger partial charge in [-0.25, -0.2) is 13.2 Å². The molecule has 1 saturated carbocycles. The molecule has 2 aliphatic rings. The van der Waals surface area contributed by atoms with Gasteiger partial charge in [-0.3, -0.25) is 4.98 Å². The van der Waals surface area contributed by atoms with Crippen LogP contribution < -0.4 is 10.6 Å². The van der Waals surface area contributed by atoms with Gasteiger partial charge >= 0.3 is 6.03 Å². The summed E-state index contributed by atoms with van der Waals surface area (Å²) in [7, 11) is -3.55. The molecule has 1 aliphatic heterocycles. The third-order valence-corrected chi connectivity index (χ3v) is 8.54. The molecule has 2 heterocycles. The van der Waals surface area contributed by atoms with Crippen molar-refractivity contribution in [2.75, 3.05) is 31.5 Å². The van der Waals surface area contributed by atoms with Crippen LogP contribution in [0.15, 0.2) is 41.3 Å². The number of amides is 2. The van der Waals surface area contributed by atoms with Gasteiger partial charge in [0.05, 0.1) is 4.90 Å². The Balaban J connectivity index is 1.26. The Morgan fingerprint density at radius 3 is 2.24 bits per heavy atom. The van der Waals surface area contributed by atoms with Crippen molar-refractivity contribution in [3.05, 3.63) is 52.8 Å². The van der Waals surface area contributed by atoms with Crippen molar-refractivity contribution in [2.24, 2.45) is 0 Å². The molecule has 0 atom stereocenters. The fourth-order valence-electron chi connectivity index (χ4n) is 4.55. The molecule has 4 rings (SSSR count). The molecule has 0 spiro atoms. The minimum atomic E-state index is -3.55. The first-order valence-corrected chi connectivity index (χ1v) is 13.6. The molecule has 1 aliphatic carbocycles. The number of aromatic nitrogens is 1. The Morgan fingerprint density at radius 1 is 1.06 bits per heavy atom. The summed E-state index contributed by atoms with van der Waals surface area (Å²) in [4.78, 5) is 19.1. The first-order chi connectivity index (χ1) is 16.2. The molecule has 0 radical (unpaired) electrons. The number of nitrogens with zero attached hydrogens (tertiary/aromatic N) is 3. The normalized spacial score (nSPS) is 17.6. The van der Waals surface area contributed by atoms with Crippen LogP contribution in [0.5, 0.6) is 0 Å². The van der Waals surface area contributed by atoms with Crippen molar-refractivity contribution in [1.29, 1.82) is 0 Å². The zero-order valence-electron chi connectivity index (χ0n) is 19.6. The van der Waals surface area contributed by atoms with Crippen LogP contribution in [-0.2, 0) is 10.0 Å². The highest BCUT2D eigenvalue weighted by Crippen LogP contribution is 2.36. The molecule has 1 aromatic carbocycles. The summed E-state index contributed by atoms with van der Waals surface area (Å²) >= 11 is 5.95. The minimum absolute atomic E-state index is 0.00106. The molecule has 184 valence electrons. The predicted octanol–water partition coefficient (Wildman–Crippen LogP) is 3.79. The minimum Gasteiger partial charge on any atom is -0.337 e. The summed E-state index contributed by atoms with van der Waals surface area (Å²) in [6.07, 6.45) is 3.40. The van der Waals surface area contributed by atoms with Crippen LogP contribution in [0.3, 0.4) is 0 Å². The SMILES string of the molecule is Cc1cc(NC(=O)NCCN2CCC(N(C3CC3)S(=O)(=O)c3ccc(Cl)cc3)CC2)cc(C)n1. The second-order valence-corrected chi connectivity index (χ2v) is 11.4. The molecule has 1 saturated heterocycles. The maximum atomic E-state index is 13.4. The van der Waals surface area contributed by atoms with Gasteiger partial charge in [0.15, 0.2) is 0 Å². The molecular formula is C24H32ClN5O3S. The van der Waals surface area contributed by atoms with Crippen molar-refractivity contribution in [3.63, 3.8) is 0 Å². The van der Waals surface area contributed by atoms with Crippen molar-refractivity contribution in [3.8, 4) is 0 Å². The summed E-state index contributed by atoms with van der Waals surface area (Å²) in [5.41, 5.74) is 2.44. The molecule has 10 heteroatoms. The van der Waals surface area contributed by atoms with Crippen LogP contribution in [-0.4, -0.2) is 66.9 Å². The lowest BCUT2D eigenvalue weighted by molar-refractivity contribution is 0.156. The number of halogens is 1. The van der Waals surface area contributed by atoms with Gasteiger partial charge in [-0.05, 0) is 89.0 Å². The van der Waals surface area contributed by atoms with Gasteiger partial charge < -0.3 is 15.5 Å². The molecule has 0 bridgehead atoms. The summed E-state index contributed by atoms with van der Waals surface area (Å²) in [6, 6.07) is 9.96. The Kier molecular flexibility index (Phi) is 7.77. The van der Waals surface area contributed by atoms with Crippen LogP contribution in [0.2, 0.25) is 5.02 Å². The number of pyridine rings is 1. The first kappa shape index (κ1) is 24.9. The number of piperidine rings is 1. The number of sulfonamides is 1. The number of anilines is 1. The van der Waals surface area contributed by atoms with Gasteiger partial charge in [0, 0.05) is 47.3 Å². The predicted molar refractivity (Wildman–Crippen MR) is 134 cm³/mol. The van der Waals surface area contributed by atoms with Gasteiger partial charge in [-0.1, -0.05) is 11.6 Å². The fraction of sp³-hybridized carbons (Fsp3) is 0.500. The number of carbonyl (C=O) groups is 1. The Labute approximate surface area is 206 Å². The largest absolute Gasteiger partial charge is 0.337 e. The standard InChI is InChI=1S/C24H32ClN5O3S/c1-17-15-20(16-18(2)27-17)28-24(31)26-11-14-29-12-9-22(10-13-29)30(21-5-6-21)34(32,33)23-7-3-19(25)4-8-23/h3-4,7-8,15-16,21-22H,5-6,9-14H2,1-2H3,(H2,26,27,28,31). The van der Waals surface area contributed by atoms with E-state index in [4.69, 9.17) is 11.6 Å². The average molecular weight is 506 g/mol. The van der Waals surface area contributed by atoms with Gasteiger partial charge in [0.25, 0.3) is 0 Å². The molecule has 8 nitrogen and oxygen atoms in total. The maximum absolute atomic E-state index is 13.4. The summed E-state index contributed by atoms with van der Waals surface area (Å²) < 4.78 is 28.5. The number of rotatable bonds is 8. The zero-order chi connectivity index (χ0) is 24.3. The lowest BCUT2D eigenvalue weighted by Crippen LogP contribution is -2.49. The van der Waals surface area contributed by atoms with E-state index in [1.807, 2.05) is 26.0 Å². The summed E-state index contributed by atoms with van der Waals surface area (Å²) in [5, 5.41) is 6.28.